The van der Waals surface area contributed by atoms with E-state index in [-0.39, 0.29) is 0 Å². The largest absolute Gasteiger partial charge is 0.495 e. The quantitative estimate of drug-likeness (QED) is 0.817. The molecule has 0 unspecified atom stereocenters. The summed E-state index contributed by atoms with van der Waals surface area (Å²) in [6.45, 7) is 7.99. The number of methoxy groups -OCH3 is 1. The van der Waals surface area contributed by atoms with Crippen LogP contribution in [-0.2, 0) is 6.54 Å². The highest BCUT2D eigenvalue weighted by Crippen LogP contribution is 2.30. The number of likely N-dealkylation sites (tertiary alicyclic amines) is 1. The van der Waals surface area contributed by atoms with Gasteiger partial charge in [0.05, 0.1) is 12.8 Å². The van der Waals surface area contributed by atoms with Crippen molar-refractivity contribution in [1.29, 1.82) is 0 Å². The molecule has 1 aliphatic rings. The fourth-order valence-corrected chi connectivity index (χ4v) is 2.50. The molecule has 0 aromatic heterocycles. The van der Waals surface area contributed by atoms with Crippen LogP contribution in [0, 0.1) is 5.41 Å². The smallest absolute Gasteiger partial charge is 0.141 e. The standard InChI is InChI=1S/C14H22N2O/c1-14(2)6-7-16(10-14)9-11-4-5-13(17-3)12(15)8-11/h4-5,8H,6-7,9-10,15H2,1-3H3. The van der Waals surface area contributed by atoms with Crippen LogP contribution in [-0.4, -0.2) is 25.1 Å². The Hall–Kier alpha value is -1.22. The summed E-state index contributed by atoms with van der Waals surface area (Å²) < 4.78 is 5.16. The first kappa shape index (κ1) is 12.2. The summed E-state index contributed by atoms with van der Waals surface area (Å²) in [6.07, 6.45) is 1.28. The fourth-order valence-electron chi connectivity index (χ4n) is 2.50. The average molecular weight is 234 g/mol. The lowest BCUT2D eigenvalue weighted by Crippen LogP contribution is -2.22. The van der Waals surface area contributed by atoms with Gasteiger partial charge < -0.3 is 10.5 Å². The predicted molar refractivity (Wildman–Crippen MR) is 71.1 cm³/mol. The molecule has 0 saturated carbocycles. The molecule has 1 aliphatic heterocycles. The van der Waals surface area contributed by atoms with Crippen molar-refractivity contribution in [2.45, 2.75) is 26.8 Å². The molecule has 1 aromatic carbocycles. The van der Waals surface area contributed by atoms with Gasteiger partial charge in [-0.15, -0.1) is 0 Å². The Kier molecular flexibility index (Phi) is 3.29. The van der Waals surface area contributed by atoms with Gasteiger partial charge >= 0.3 is 0 Å². The highest BCUT2D eigenvalue weighted by atomic mass is 16.5. The highest BCUT2D eigenvalue weighted by molar-refractivity contribution is 5.54. The molecular weight excluding hydrogens is 212 g/mol. The van der Waals surface area contributed by atoms with E-state index in [0.717, 1.165) is 18.0 Å². The Balaban J connectivity index is 2.02. The number of nitrogen functional groups attached to an aromatic ring is 1. The van der Waals surface area contributed by atoms with Crippen LogP contribution in [0.2, 0.25) is 0 Å². The van der Waals surface area contributed by atoms with Gasteiger partial charge in [-0.1, -0.05) is 19.9 Å². The van der Waals surface area contributed by atoms with E-state index in [4.69, 9.17) is 10.5 Å². The van der Waals surface area contributed by atoms with Crippen LogP contribution >= 0.6 is 0 Å². The molecule has 0 amide bonds. The molecule has 1 aromatic rings. The van der Waals surface area contributed by atoms with Gasteiger partial charge in [0, 0.05) is 13.1 Å². The molecule has 1 saturated heterocycles. The van der Waals surface area contributed by atoms with Gasteiger partial charge in [-0.2, -0.15) is 0 Å². The van der Waals surface area contributed by atoms with Crippen molar-refractivity contribution in [2.24, 2.45) is 5.41 Å². The van der Waals surface area contributed by atoms with Crippen molar-refractivity contribution in [3.8, 4) is 5.75 Å². The summed E-state index contributed by atoms with van der Waals surface area (Å²) in [5.74, 6) is 0.760. The third-order valence-electron chi connectivity index (χ3n) is 3.46. The minimum Gasteiger partial charge on any atom is -0.495 e. The number of anilines is 1. The first-order valence-corrected chi connectivity index (χ1v) is 6.15. The number of hydrogen-bond acceptors (Lipinski definition) is 3. The van der Waals surface area contributed by atoms with Crippen LogP contribution in [0.4, 0.5) is 5.69 Å². The monoisotopic (exact) mass is 234 g/mol. The normalized spacial score (nSPS) is 19.5. The van der Waals surface area contributed by atoms with Crippen molar-refractivity contribution in [2.75, 3.05) is 25.9 Å². The third-order valence-corrected chi connectivity index (χ3v) is 3.46. The van der Waals surface area contributed by atoms with Crippen LogP contribution in [0.1, 0.15) is 25.8 Å². The SMILES string of the molecule is COc1ccc(CN2CCC(C)(C)C2)cc1N. The predicted octanol–water partition coefficient (Wildman–Crippen LogP) is 2.51. The molecule has 0 radical (unpaired) electrons. The van der Waals surface area contributed by atoms with Gasteiger partial charge in [-0.25, -0.2) is 0 Å². The van der Waals surface area contributed by atoms with E-state index < -0.39 is 0 Å². The highest BCUT2D eigenvalue weighted by Gasteiger charge is 2.28. The number of nitrogens with zero attached hydrogens (tertiary/aromatic N) is 1. The summed E-state index contributed by atoms with van der Waals surface area (Å²) in [5, 5.41) is 0. The Morgan fingerprint density at radius 2 is 2.18 bits per heavy atom. The maximum absolute atomic E-state index is 5.92. The summed E-state index contributed by atoms with van der Waals surface area (Å²) in [4.78, 5) is 2.49. The molecule has 94 valence electrons. The molecule has 0 aliphatic carbocycles. The van der Waals surface area contributed by atoms with Gasteiger partial charge in [0.15, 0.2) is 0 Å². The van der Waals surface area contributed by atoms with Crippen LogP contribution in [0.3, 0.4) is 0 Å². The molecule has 0 bridgehead atoms. The van der Waals surface area contributed by atoms with Crippen molar-refractivity contribution < 1.29 is 4.74 Å². The molecule has 1 fully saturated rings. The van der Waals surface area contributed by atoms with Crippen molar-refractivity contribution in [1.82, 2.24) is 4.90 Å². The zero-order chi connectivity index (χ0) is 12.5. The Labute approximate surface area is 104 Å². The molecule has 0 spiro atoms. The number of benzene rings is 1. The molecule has 1 heterocycles. The number of ether oxygens (including phenoxy) is 1. The van der Waals surface area contributed by atoms with Crippen LogP contribution in [0.25, 0.3) is 0 Å². The zero-order valence-electron chi connectivity index (χ0n) is 11.0. The lowest BCUT2D eigenvalue weighted by molar-refractivity contribution is 0.284. The van der Waals surface area contributed by atoms with E-state index in [2.05, 4.69) is 24.8 Å². The number of rotatable bonds is 3. The zero-order valence-corrected chi connectivity index (χ0v) is 11.0. The summed E-state index contributed by atoms with van der Waals surface area (Å²) in [5.41, 5.74) is 8.36. The Morgan fingerprint density at radius 1 is 1.41 bits per heavy atom. The van der Waals surface area contributed by atoms with Crippen molar-refractivity contribution >= 4 is 5.69 Å². The lowest BCUT2D eigenvalue weighted by atomic mass is 9.93. The van der Waals surface area contributed by atoms with E-state index in [1.54, 1.807) is 7.11 Å². The van der Waals surface area contributed by atoms with Gasteiger partial charge in [0.25, 0.3) is 0 Å². The van der Waals surface area contributed by atoms with E-state index >= 15 is 0 Å². The molecule has 2 rings (SSSR count). The van der Waals surface area contributed by atoms with Crippen molar-refractivity contribution in [3.05, 3.63) is 23.8 Å². The fraction of sp³-hybridized carbons (Fsp3) is 0.571. The average Bonchev–Trinajstić information content (AvgIpc) is 2.58. The molecule has 2 N–H and O–H groups in total. The van der Waals surface area contributed by atoms with E-state index in [9.17, 15) is 0 Å². The van der Waals surface area contributed by atoms with Gasteiger partial charge in [-0.05, 0) is 36.1 Å². The topological polar surface area (TPSA) is 38.5 Å². The van der Waals surface area contributed by atoms with Gasteiger partial charge in [-0.3, -0.25) is 4.90 Å². The van der Waals surface area contributed by atoms with Crippen LogP contribution in [0.5, 0.6) is 5.75 Å². The maximum atomic E-state index is 5.92. The first-order chi connectivity index (χ1) is 8.00. The molecule has 17 heavy (non-hydrogen) atoms. The minimum atomic E-state index is 0.456. The van der Waals surface area contributed by atoms with E-state index in [1.807, 2.05) is 12.1 Å². The third kappa shape index (κ3) is 2.91. The first-order valence-electron chi connectivity index (χ1n) is 6.15. The molecule has 3 heteroatoms. The number of nitrogens with two attached hydrogens (primary N) is 1. The summed E-state index contributed by atoms with van der Waals surface area (Å²) in [6, 6.07) is 6.07. The van der Waals surface area contributed by atoms with Gasteiger partial charge in [0.2, 0.25) is 0 Å². The van der Waals surface area contributed by atoms with Crippen molar-refractivity contribution in [3.63, 3.8) is 0 Å². The second-order valence-corrected chi connectivity index (χ2v) is 5.70. The van der Waals surface area contributed by atoms with E-state index in [1.165, 1.54) is 25.1 Å². The van der Waals surface area contributed by atoms with Crippen LogP contribution < -0.4 is 10.5 Å². The Bertz CT molecular complexity index is 401. The van der Waals surface area contributed by atoms with Gasteiger partial charge in [0.1, 0.15) is 5.75 Å². The molecule has 0 atom stereocenters. The second-order valence-electron chi connectivity index (χ2n) is 5.70. The second kappa shape index (κ2) is 4.57. The Morgan fingerprint density at radius 3 is 2.71 bits per heavy atom. The minimum absolute atomic E-state index is 0.456. The summed E-state index contributed by atoms with van der Waals surface area (Å²) in [7, 11) is 1.65. The molecule has 3 nitrogen and oxygen atoms in total. The lowest BCUT2D eigenvalue weighted by Gasteiger charge is -2.20. The summed E-state index contributed by atoms with van der Waals surface area (Å²) >= 11 is 0. The van der Waals surface area contributed by atoms with Crippen LogP contribution in [0.15, 0.2) is 18.2 Å². The van der Waals surface area contributed by atoms with E-state index in [0.29, 0.717) is 5.41 Å². The molecular formula is C14H22N2O. The number of hydrogen-bond donors (Lipinski definition) is 1. The maximum Gasteiger partial charge on any atom is 0.141 e.